The molecule has 1 heterocycles. The van der Waals surface area contributed by atoms with E-state index in [0.717, 1.165) is 18.4 Å². The molecule has 0 bridgehead atoms. The standard InChI is InChI=1S/C23H25N3O4S/c1-16-6-4-8-18(14-16)26-22(27)13-12-21(25-26)23(28)24-17-7-5-11-20(15-17)31(29,30)19-9-2-3-10-19/h4-8,11,14-15,19H,2-3,9-10,12-13H2,1H3,(H,24,28). The molecule has 0 aromatic heterocycles. The highest BCUT2D eigenvalue weighted by Crippen LogP contribution is 2.30. The Hall–Kier alpha value is -3.00. The minimum atomic E-state index is -3.41. The van der Waals surface area contributed by atoms with Crippen molar-refractivity contribution >= 4 is 38.7 Å². The van der Waals surface area contributed by atoms with Gasteiger partial charge in [-0.2, -0.15) is 5.10 Å². The van der Waals surface area contributed by atoms with E-state index in [2.05, 4.69) is 10.4 Å². The second-order valence-corrected chi connectivity index (χ2v) is 10.3. The van der Waals surface area contributed by atoms with Gasteiger partial charge in [0.2, 0.25) is 5.91 Å². The molecule has 1 aliphatic heterocycles. The van der Waals surface area contributed by atoms with Crippen molar-refractivity contribution in [2.75, 3.05) is 10.3 Å². The molecule has 2 aromatic rings. The molecule has 4 rings (SSSR count). The van der Waals surface area contributed by atoms with Crippen LogP contribution in [-0.2, 0) is 19.4 Å². The van der Waals surface area contributed by atoms with Crippen LogP contribution in [0.2, 0.25) is 0 Å². The van der Waals surface area contributed by atoms with Gasteiger partial charge in [0.05, 0.1) is 15.8 Å². The summed E-state index contributed by atoms with van der Waals surface area (Å²) in [5, 5.41) is 7.92. The number of anilines is 2. The van der Waals surface area contributed by atoms with Gasteiger partial charge in [-0.25, -0.2) is 13.4 Å². The third-order valence-corrected chi connectivity index (χ3v) is 7.96. The molecule has 0 spiro atoms. The van der Waals surface area contributed by atoms with Gasteiger partial charge in [0.1, 0.15) is 5.71 Å². The van der Waals surface area contributed by atoms with Crippen molar-refractivity contribution in [1.82, 2.24) is 0 Å². The van der Waals surface area contributed by atoms with Crippen LogP contribution in [0.3, 0.4) is 0 Å². The van der Waals surface area contributed by atoms with Crippen LogP contribution in [-0.4, -0.2) is 31.2 Å². The molecule has 1 N–H and O–H groups in total. The number of rotatable bonds is 5. The van der Waals surface area contributed by atoms with E-state index < -0.39 is 15.7 Å². The number of benzene rings is 2. The number of amides is 2. The topological polar surface area (TPSA) is 95.9 Å². The Kier molecular flexibility index (Phi) is 5.91. The second-order valence-electron chi connectivity index (χ2n) is 8.02. The molecule has 2 aliphatic rings. The molecule has 8 heteroatoms. The van der Waals surface area contributed by atoms with Crippen LogP contribution < -0.4 is 10.3 Å². The molecule has 31 heavy (non-hydrogen) atoms. The van der Waals surface area contributed by atoms with E-state index in [9.17, 15) is 18.0 Å². The summed E-state index contributed by atoms with van der Waals surface area (Å²) in [5.74, 6) is -0.618. The van der Waals surface area contributed by atoms with Gasteiger partial charge < -0.3 is 5.32 Å². The smallest absolute Gasteiger partial charge is 0.271 e. The molecule has 7 nitrogen and oxygen atoms in total. The average Bonchev–Trinajstić information content (AvgIpc) is 3.30. The summed E-state index contributed by atoms with van der Waals surface area (Å²) >= 11 is 0. The Morgan fingerprint density at radius 1 is 1.06 bits per heavy atom. The van der Waals surface area contributed by atoms with Crippen LogP contribution in [0.15, 0.2) is 58.5 Å². The minimum Gasteiger partial charge on any atom is -0.321 e. The molecule has 1 fully saturated rings. The molecule has 162 valence electrons. The first-order valence-electron chi connectivity index (χ1n) is 10.5. The number of nitrogens with zero attached hydrogens (tertiary/aromatic N) is 2. The number of carbonyl (C=O) groups is 2. The van der Waals surface area contributed by atoms with Crippen molar-refractivity contribution in [1.29, 1.82) is 0 Å². The zero-order chi connectivity index (χ0) is 22.0. The van der Waals surface area contributed by atoms with E-state index in [1.54, 1.807) is 24.3 Å². The zero-order valence-corrected chi connectivity index (χ0v) is 18.2. The third-order valence-electron chi connectivity index (χ3n) is 5.70. The van der Waals surface area contributed by atoms with Gasteiger partial charge in [0.15, 0.2) is 9.84 Å². The lowest BCUT2D eigenvalue weighted by Gasteiger charge is -2.23. The summed E-state index contributed by atoms with van der Waals surface area (Å²) in [4.78, 5) is 25.4. The van der Waals surface area contributed by atoms with Crippen molar-refractivity contribution < 1.29 is 18.0 Å². The maximum absolute atomic E-state index is 12.9. The maximum atomic E-state index is 12.9. The number of aryl methyl sites for hydroxylation is 1. The van der Waals surface area contributed by atoms with Gasteiger partial charge in [-0.05, 0) is 55.7 Å². The van der Waals surface area contributed by atoms with Crippen molar-refractivity contribution in [3.8, 4) is 0 Å². The van der Waals surface area contributed by atoms with E-state index in [0.29, 0.717) is 24.2 Å². The number of hydrogen-bond acceptors (Lipinski definition) is 5. The Bertz CT molecular complexity index is 1150. The van der Waals surface area contributed by atoms with Gasteiger partial charge in [0, 0.05) is 18.5 Å². The second kappa shape index (κ2) is 8.63. The quantitative estimate of drug-likeness (QED) is 0.766. The summed E-state index contributed by atoms with van der Waals surface area (Å²) in [5.41, 5.74) is 2.22. The fourth-order valence-electron chi connectivity index (χ4n) is 4.02. The molecular weight excluding hydrogens is 414 g/mol. The highest BCUT2D eigenvalue weighted by atomic mass is 32.2. The van der Waals surface area contributed by atoms with Crippen molar-refractivity contribution in [2.45, 2.75) is 55.6 Å². The van der Waals surface area contributed by atoms with Gasteiger partial charge in [-0.3, -0.25) is 9.59 Å². The van der Waals surface area contributed by atoms with Gasteiger partial charge in [-0.1, -0.05) is 31.0 Å². The van der Waals surface area contributed by atoms with Gasteiger partial charge in [-0.15, -0.1) is 0 Å². The van der Waals surface area contributed by atoms with Crippen LogP contribution in [0.4, 0.5) is 11.4 Å². The molecule has 0 unspecified atom stereocenters. The predicted octanol–water partition coefficient (Wildman–Crippen LogP) is 3.83. The van der Waals surface area contributed by atoms with E-state index in [4.69, 9.17) is 0 Å². The van der Waals surface area contributed by atoms with Crippen LogP contribution in [0.25, 0.3) is 0 Å². The average molecular weight is 440 g/mol. The van der Waals surface area contributed by atoms with E-state index in [-0.39, 0.29) is 34.6 Å². The Balaban J connectivity index is 1.54. The molecule has 0 radical (unpaired) electrons. The van der Waals surface area contributed by atoms with Crippen LogP contribution in [0.1, 0.15) is 44.1 Å². The lowest BCUT2D eigenvalue weighted by molar-refractivity contribution is -0.118. The highest BCUT2D eigenvalue weighted by Gasteiger charge is 2.31. The van der Waals surface area contributed by atoms with E-state index in [1.165, 1.54) is 11.1 Å². The first kappa shape index (κ1) is 21.2. The molecule has 2 aromatic carbocycles. The van der Waals surface area contributed by atoms with Crippen molar-refractivity contribution in [3.05, 3.63) is 54.1 Å². The summed E-state index contributed by atoms with van der Waals surface area (Å²) in [6.07, 6.45) is 3.62. The largest absolute Gasteiger partial charge is 0.321 e. The first-order valence-corrected chi connectivity index (χ1v) is 12.0. The number of carbonyl (C=O) groups excluding carboxylic acids is 2. The SMILES string of the molecule is Cc1cccc(N2N=C(C(=O)Nc3cccc(S(=O)(=O)C4CCCC4)c3)CCC2=O)c1. The summed E-state index contributed by atoms with van der Waals surface area (Å²) in [7, 11) is -3.41. The highest BCUT2D eigenvalue weighted by molar-refractivity contribution is 7.92. The van der Waals surface area contributed by atoms with Crippen LogP contribution >= 0.6 is 0 Å². The summed E-state index contributed by atoms with van der Waals surface area (Å²) in [6.45, 7) is 1.92. The molecule has 2 amide bonds. The fraction of sp³-hybridized carbons (Fsp3) is 0.348. The maximum Gasteiger partial charge on any atom is 0.271 e. The fourth-order valence-corrected chi connectivity index (χ4v) is 5.92. The minimum absolute atomic E-state index is 0.174. The molecule has 1 aliphatic carbocycles. The Labute approximate surface area is 182 Å². The van der Waals surface area contributed by atoms with Gasteiger partial charge in [0.25, 0.3) is 5.91 Å². The Morgan fingerprint density at radius 2 is 1.81 bits per heavy atom. The van der Waals surface area contributed by atoms with Crippen LogP contribution in [0, 0.1) is 6.92 Å². The summed E-state index contributed by atoms with van der Waals surface area (Å²) < 4.78 is 25.7. The zero-order valence-electron chi connectivity index (χ0n) is 17.4. The van der Waals surface area contributed by atoms with Crippen molar-refractivity contribution in [2.24, 2.45) is 5.10 Å². The van der Waals surface area contributed by atoms with Crippen LogP contribution in [0.5, 0.6) is 0 Å². The van der Waals surface area contributed by atoms with Gasteiger partial charge >= 0.3 is 0 Å². The molecule has 0 saturated heterocycles. The first-order chi connectivity index (χ1) is 14.8. The third kappa shape index (κ3) is 4.54. The monoisotopic (exact) mass is 439 g/mol. The number of sulfone groups is 1. The van der Waals surface area contributed by atoms with Crippen molar-refractivity contribution in [3.63, 3.8) is 0 Å². The van der Waals surface area contributed by atoms with E-state index >= 15 is 0 Å². The van der Waals surface area contributed by atoms with E-state index in [1.807, 2.05) is 25.1 Å². The molecular formula is C23H25N3O4S. The molecule has 1 saturated carbocycles. The lowest BCUT2D eigenvalue weighted by atomic mass is 10.1. The number of hydrogen-bond donors (Lipinski definition) is 1. The number of nitrogens with one attached hydrogen (secondary N) is 1. The summed E-state index contributed by atoms with van der Waals surface area (Å²) in [6, 6.07) is 13.7. The normalized spacial score (nSPS) is 17.5. The molecule has 0 atom stereocenters. The number of hydrazone groups is 1. The predicted molar refractivity (Wildman–Crippen MR) is 120 cm³/mol. The Morgan fingerprint density at radius 3 is 2.55 bits per heavy atom. The lowest BCUT2D eigenvalue weighted by Crippen LogP contribution is -2.36.